The molecule has 0 amide bonds. The van der Waals surface area contributed by atoms with Crippen LogP contribution < -0.4 is 0 Å². The maximum Gasteiger partial charge on any atom is 0.192 e. The van der Waals surface area contributed by atoms with Crippen LogP contribution in [0.5, 0.6) is 0 Å². The Labute approximate surface area is 187 Å². The van der Waals surface area contributed by atoms with E-state index >= 15 is 0 Å². The van der Waals surface area contributed by atoms with Crippen molar-refractivity contribution in [2.24, 2.45) is 0 Å². The van der Waals surface area contributed by atoms with Crippen molar-refractivity contribution in [1.29, 1.82) is 0 Å². The summed E-state index contributed by atoms with van der Waals surface area (Å²) >= 11 is 0. The van der Waals surface area contributed by atoms with E-state index in [2.05, 4.69) is 51.6 Å². The van der Waals surface area contributed by atoms with Crippen molar-refractivity contribution < 1.29 is 23.4 Å². The molecule has 2 aliphatic rings. The van der Waals surface area contributed by atoms with Crippen LogP contribution in [0.1, 0.15) is 40.2 Å². The van der Waals surface area contributed by atoms with Crippen molar-refractivity contribution in [2.45, 2.75) is 82.6 Å². The molecule has 0 aromatic heterocycles. The SMILES string of the molecule is C#CCO[C@@]1(C#Cc2ccccc2)[C@@H]2OC(C)(C)O[C@H]2O[C@@H]1CO[Si](C)(C)C(C)(C)C. The molecule has 0 saturated carbocycles. The molecule has 0 aliphatic carbocycles. The number of hydrogen-bond donors (Lipinski definition) is 0. The largest absolute Gasteiger partial charge is 0.414 e. The van der Waals surface area contributed by atoms with Gasteiger partial charge in [-0.15, -0.1) is 6.42 Å². The summed E-state index contributed by atoms with van der Waals surface area (Å²) in [5, 5.41) is 0.0640. The van der Waals surface area contributed by atoms with Gasteiger partial charge in [0.25, 0.3) is 0 Å². The molecule has 5 nitrogen and oxygen atoms in total. The molecule has 1 aromatic carbocycles. The van der Waals surface area contributed by atoms with E-state index in [1.54, 1.807) is 0 Å². The highest BCUT2D eigenvalue weighted by Crippen LogP contribution is 2.46. The fraction of sp³-hybridized carbons (Fsp3) is 0.600. The van der Waals surface area contributed by atoms with Crippen LogP contribution in [0.3, 0.4) is 0 Å². The number of ether oxygens (including phenoxy) is 4. The molecule has 4 atom stereocenters. The molecule has 0 N–H and O–H groups in total. The van der Waals surface area contributed by atoms with E-state index in [1.807, 2.05) is 44.2 Å². The minimum absolute atomic E-state index is 0.0640. The van der Waals surface area contributed by atoms with Crippen LogP contribution in [-0.2, 0) is 23.4 Å². The second-order valence-electron chi connectivity index (χ2n) is 10.0. The molecule has 0 unspecified atom stereocenters. The number of terminal acetylenes is 1. The molecular formula is C25H34O5Si. The predicted octanol–water partition coefficient (Wildman–Crippen LogP) is 4.32. The fourth-order valence-corrected chi connectivity index (χ4v) is 4.45. The van der Waals surface area contributed by atoms with E-state index in [0.29, 0.717) is 6.61 Å². The lowest BCUT2D eigenvalue weighted by atomic mass is 9.92. The number of fused-ring (bicyclic) bond motifs is 1. The van der Waals surface area contributed by atoms with Gasteiger partial charge in [0.15, 0.2) is 32.1 Å². The van der Waals surface area contributed by atoms with Gasteiger partial charge in [0.1, 0.15) is 12.7 Å². The summed E-state index contributed by atoms with van der Waals surface area (Å²) in [5.41, 5.74) is -0.236. The smallest absolute Gasteiger partial charge is 0.192 e. The van der Waals surface area contributed by atoms with Crippen LogP contribution in [-0.4, -0.2) is 51.4 Å². The van der Waals surface area contributed by atoms with Crippen molar-refractivity contribution in [2.75, 3.05) is 13.2 Å². The molecule has 168 valence electrons. The number of hydrogen-bond acceptors (Lipinski definition) is 5. The first-order valence-electron chi connectivity index (χ1n) is 10.7. The zero-order chi connectivity index (χ0) is 22.9. The minimum Gasteiger partial charge on any atom is -0.414 e. The van der Waals surface area contributed by atoms with Gasteiger partial charge in [-0.25, -0.2) is 0 Å². The van der Waals surface area contributed by atoms with Crippen molar-refractivity contribution in [3.8, 4) is 24.2 Å². The Morgan fingerprint density at radius 3 is 2.42 bits per heavy atom. The molecule has 2 heterocycles. The molecule has 2 fully saturated rings. The summed E-state index contributed by atoms with van der Waals surface area (Å²) in [6.45, 7) is 15.1. The molecule has 1 aromatic rings. The third-order valence-corrected chi connectivity index (χ3v) is 10.7. The van der Waals surface area contributed by atoms with Crippen LogP contribution in [0.15, 0.2) is 30.3 Å². The molecule has 0 radical (unpaired) electrons. The number of rotatable bonds is 5. The second-order valence-corrected chi connectivity index (χ2v) is 14.8. The van der Waals surface area contributed by atoms with Crippen molar-refractivity contribution in [3.63, 3.8) is 0 Å². The van der Waals surface area contributed by atoms with E-state index in [0.717, 1.165) is 5.56 Å². The molecule has 31 heavy (non-hydrogen) atoms. The Hall–Kier alpha value is -1.64. The molecule has 2 saturated heterocycles. The first-order valence-corrected chi connectivity index (χ1v) is 13.6. The van der Waals surface area contributed by atoms with E-state index in [9.17, 15) is 0 Å². The lowest BCUT2D eigenvalue weighted by Crippen LogP contribution is -2.53. The molecule has 0 spiro atoms. The quantitative estimate of drug-likeness (QED) is 0.502. The normalized spacial score (nSPS) is 29.7. The average Bonchev–Trinajstić information content (AvgIpc) is 3.13. The van der Waals surface area contributed by atoms with E-state index < -0.39 is 38.2 Å². The minimum atomic E-state index is -2.02. The van der Waals surface area contributed by atoms with Gasteiger partial charge in [-0.05, 0) is 44.1 Å². The van der Waals surface area contributed by atoms with Gasteiger partial charge < -0.3 is 23.4 Å². The second kappa shape index (κ2) is 8.71. The van der Waals surface area contributed by atoms with Gasteiger partial charge >= 0.3 is 0 Å². The third-order valence-electron chi connectivity index (χ3n) is 6.23. The maximum atomic E-state index is 6.49. The average molecular weight is 443 g/mol. The van der Waals surface area contributed by atoms with Crippen molar-refractivity contribution in [3.05, 3.63) is 35.9 Å². The summed E-state index contributed by atoms with van der Waals surface area (Å²) in [6, 6.07) is 9.75. The third kappa shape index (κ3) is 5.07. The van der Waals surface area contributed by atoms with Gasteiger partial charge in [-0.2, -0.15) is 0 Å². The van der Waals surface area contributed by atoms with Gasteiger partial charge in [-0.1, -0.05) is 56.7 Å². The lowest BCUT2D eigenvalue weighted by Gasteiger charge is -2.39. The van der Waals surface area contributed by atoms with Gasteiger partial charge in [0.05, 0.1) is 6.61 Å². The lowest BCUT2D eigenvalue weighted by molar-refractivity contribution is -0.229. The predicted molar refractivity (Wildman–Crippen MR) is 123 cm³/mol. The molecule has 3 rings (SSSR count). The van der Waals surface area contributed by atoms with Gasteiger partial charge in [0, 0.05) is 5.56 Å². The molecule has 6 heteroatoms. The van der Waals surface area contributed by atoms with E-state index in [-0.39, 0.29) is 11.6 Å². The standard InChI is InChI=1S/C25H34O5Si/c1-9-17-26-25(16-15-19-13-11-10-12-14-19)20(18-27-31(7,8)23(2,3)4)28-22-21(25)29-24(5,6)30-22/h1,10-14,20-22H,17-18H2,2-8H3/t20-,21-,22-,25-/m1/s1. The summed E-state index contributed by atoms with van der Waals surface area (Å²) in [5.74, 6) is 8.30. The summed E-state index contributed by atoms with van der Waals surface area (Å²) in [7, 11) is -2.02. The Morgan fingerprint density at radius 1 is 1.13 bits per heavy atom. The van der Waals surface area contributed by atoms with Crippen molar-refractivity contribution in [1.82, 2.24) is 0 Å². The monoisotopic (exact) mass is 442 g/mol. The summed E-state index contributed by atoms with van der Waals surface area (Å²) < 4.78 is 31.2. The van der Waals surface area contributed by atoms with Crippen LogP contribution >= 0.6 is 0 Å². The highest BCUT2D eigenvalue weighted by atomic mass is 28.4. The van der Waals surface area contributed by atoms with Gasteiger partial charge in [-0.3, -0.25) is 0 Å². The summed E-state index contributed by atoms with van der Waals surface area (Å²) in [4.78, 5) is 0. The fourth-order valence-electron chi connectivity index (χ4n) is 3.44. The zero-order valence-electron chi connectivity index (χ0n) is 19.7. The van der Waals surface area contributed by atoms with Crippen LogP contribution in [0, 0.1) is 24.2 Å². The van der Waals surface area contributed by atoms with E-state index in [1.165, 1.54) is 0 Å². The zero-order valence-corrected chi connectivity index (χ0v) is 20.7. The maximum absolute atomic E-state index is 6.49. The van der Waals surface area contributed by atoms with Gasteiger partial charge in [0.2, 0.25) is 0 Å². The highest BCUT2D eigenvalue weighted by Gasteiger charge is 2.64. The first-order chi connectivity index (χ1) is 14.4. The van der Waals surface area contributed by atoms with E-state index in [4.69, 9.17) is 29.8 Å². The van der Waals surface area contributed by atoms with Crippen LogP contribution in [0.2, 0.25) is 18.1 Å². The highest BCUT2D eigenvalue weighted by molar-refractivity contribution is 6.74. The summed E-state index contributed by atoms with van der Waals surface area (Å²) in [6.07, 6.45) is 3.90. The number of benzene rings is 1. The van der Waals surface area contributed by atoms with Crippen molar-refractivity contribution >= 4 is 8.32 Å². The molecule has 0 bridgehead atoms. The van der Waals surface area contributed by atoms with Crippen LogP contribution in [0.25, 0.3) is 0 Å². The molecular weight excluding hydrogens is 408 g/mol. The first kappa shape index (κ1) is 24.0. The topological polar surface area (TPSA) is 46.2 Å². The Morgan fingerprint density at radius 2 is 1.81 bits per heavy atom. The Kier molecular flexibility index (Phi) is 6.75. The molecule has 2 aliphatic heterocycles. The Balaban J connectivity index is 1.98. The van der Waals surface area contributed by atoms with Crippen LogP contribution in [0.4, 0.5) is 0 Å². The Bertz CT molecular complexity index is 871.